The predicted octanol–water partition coefficient (Wildman–Crippen LogP) is 3.74. The van der Waals surface area contributed by atoms with Gasteiger partial charge in [-0.1, -0.05) is 60.7 Å². The Labute approximate surface area is 198 Å². The number of amides is 2. The normalized spacial score (nSPS) is 14.3. The molecule has 1 saturated heterocycles. The molecule has 1 fully saturated rings. The zero-order valence-corrected chi connectivity index (χ0v) is 19.1. The SMILES string of the molecule is CNC(=O)C1CCN(C(=O)c2cc(-c3ccccc3)nc3c2cnn3Cc2ccccc2)CC1. The molecule has 2 amide bonds. The Morgan fingerprint density at radius 3 is 2.35 bits per heavy atom. The summed E-state index contributed by atoms with van der Waals surface area (Å²) in [4.78, 5) is 32.4. The van der Waals surface area contributed by atoms with Crippen LogP contribution in [0.4, 0.5) is 0 Å². The highest BCUT2D eigenvalue weighted by Crippen LogP contribution is 2.28. The summed E-state index contributed by atoms with van der Waals surface area (Å²) < 4.78 is 1.85. The highest BCUT2D eigenvalue weighted by molar-refractivity contribution is 6.06. The fraction of sp³-hybridized carbons (Fsp3) is 0.259. The lowest BCUT2D eigenvalue weighted by atomic mass is 9.95. The van der Waals surface area contributed by atoms with Gasteiger partial charge in [-0.05, 0) is 24.5 Å². The number of aromatic nitrogens is 3. The lowest BCUT2D eigenvalue weighted by Gasteiger charge is -2.31. The summed E-state index contributed by atoms with van der Waals surface area (Å²) in [6.45, 7) is 1.68. The van der Waals surface area contributed by atoms with Crippen LogP contribution in [0, 0.1) is 5.92 Å². The van der Waals surface area contributed by atoms with Crippen molar-refractivity contribution in [3.05, 3.63) is 84.1 Å². The Hall–Kier alpha value is -4.00. The first-order chi connectivity index (χ1) is 16.6. The van der Waals surface area contributed by atoms with E-state index in [-0.39, 0.29) is 17.7 Å². The molecule has 2 aromatic heterocycles. The molecule has 1 N–H and O–H groups in total. The van der Waals surface area contributed by atoms with Crippen LogP contribution < -0.4 is 5.32 Å². The number of nitrogens with zero attached hydrogens (tertiary/aromatic N) is 4. The molecule has 4 aromatic rings. The number of benzene rings is 2. The van der Waals surface area contributed by atoms with Crippen LogP contribution in [0.25, 0.3) is 22.3 Å². The van der Waals surface area contributed by atoms with Gasteiger partial charge in [-0.25, -0.2) is 9.67 Å². The Bertz CT molecular complexity index is 1310. The quantitative estimate of drug-likeness (QED) is 0.499. The van der Waals surface area contributed by atoms with Gasteiger partial charge in [0.25, 0.3) is 5.91 Å². The standard InChI is InChI=1S/C27H27N5O2/c1-28-26(33)21-12-14-31(15-13-21)27(34)22-16-24(20-10-6-3-7-11-20)30-25-23(22)17-29-32(25)18-19-8-4-2-5-9-19/h2-11,16-17,21H,12-15,18H2,1H3,(H,28,33). The van der Waals surface area contributed by atoms with Crippen molar-refractivity contribution in [3.8, 4) is 11.3 Å². The highest BCUT2D eigenvalue weighted by Gasteiger charge is 2.29. The number of fused-ring (bicyclic) bond motifs is 1. The number of likely N-dealkylation sites (tertiary alicyclic amines) is 1. The molecule has 34 heavy (non-hydrogen) atoms. The van der Waals surface area contributed by atoms with Gasteiger partial charge in [0.05, 0.1) is 29.4 Å². The molecular weight excluding hydrogens is 426 g/mol. The van der Waals surface area contributed by atoms with Gasteiger partial charge < -0.3 is 10.2 Å². The fourth-order valence-electron chi connectivity index (χ4n) is 4.57. The molecule has 3 heterocycles. The van der Waals surface area contributed by atoms with E-state index in [1.807, 2.05) is 64.2 Å². The molecule has 0 spiro atoms. The van der Waals surface area contributed by atoms with Crippen LogP contribution in [0.5, 0.6) is 0 Å². The van der Waals surface area contributed by atoms with E-state index in [1.54, 1.807) is 13.2 Å². The Kier molecular flexibility index (Phi) is 6.08. The van der Waals surface area contributed by atoms with E-state index in [4.69, 9.17) is 4.98 Å². The van der Waals surface area contributed by atoms with Crippen LogP contribution >= 0.6 is 0 Å². The van der Waals surface area contributed by atoms with Crippen LogP contribution in [0.15, 0.2) is 72.9 Å². The first-order valence-corrected chi connectivity index (χ1v) is 11.6. The van der Waals surface area contributed by atoms with E-state index in [1.165, 1.54) is 0 Å². The highest BCUT2D eigenvalue weighted by atomic mass is 16.2. The third kappa shape index (κ3) is 4.29. The molecule has 0 atom stereocenters. The second kappa shape index (κ2) is 9.47. The molecule has 0 bridgehead atoms. The maximum absolute atomic E-state index is 13.7. The molecule has 2 aromatic carbocycles. The summed E-state index contributed by atoms with van der Waals surface area (Å²) in [5.74, 6) is -0.0360. The summed E-state index contributed by atoms with van der Waals surface area (Å²) in [6, 6.07) is 21.9. The number of hydrogen-bond donors (Lipinski definition) is 1. The van der Waals surface area contributed by atoms with E-state index in [0.29, 0.717) is 43.7 Å². The third-order valence-electron chi connectivity index (χ3n) is 6.48. The molecule has 0 radical (unpaired) electrons. The largest absolute Gasteiger partial charge is 0.359 e. The third-order valence-corrected chi connectivity index (χ3v) is 6.48. The number of carbonyl (C=O) groups is 2. The van der Waals surface area contributed by atoms with Crippen molar-refractivity contribution in [1.29, 1.82) is 0 Å². The van der Waals surface area contributed by atoms with E-state index >= 15 is 0 Å². The summed E-state index contributed by atoms with van der Waals surface area (Å²) >= 11 is 0. The van der Waals surface area contributed by atoms with Gasteiger partial charge in [-0.2, -0.15) is 5.10 Å². The van der Waals surface area contributed by atoms with Gasteiger partial charge in [0.2, 0.25) is 5.91 Å². The number of nitrogens with one attached hydrogen (secondary N) is 1. The Morgan fingerprint density at radius 2 is 1.68 bits per heavy atom. The van der Waals surface area contributed by atoms with E-state index in [2.05, 4.69) is 22.5 Å². The van der Waals surface area contributed by atoms with Crippen molar-refractivity contribution in [2.45, 2.75) is 19.4 Å². The van der Waals surface area contributed by atoms with Gasteiger partial charge in [-0.3, -0.25) is 9.59 Å². The monoisotopic (exact) mass is 453 g/mol. The molecule has 7 nitrogen and oxygen atoms in total. The molecular formula is C27H27N5O2. The second-order valence-electron chi connectivity index (χ2n) is 8.63. The first kappa shape index (κ1) is 21.8. The topological polar surface area (TPSA) is 80.1 Å². The average Bonchev–Trinajstić information content (AvgIpc) is 3.31. The number of hydrogen-bond acceptors (Lipinski definition) is 4. The van der Waals surface area contributed by atoms with Crippen LogP contribution in [-0.4, -0.2) is 51.6 Å². The average molecular weight is 454 g/mol. The number of piperidine rings is 1. The first-order valence-electron chi connectivity index (χ1n) is 11.6. The number of carbonyl (C=O) groups excluding carboxylic acids is 2. The van der Waals surface area contributed by atoms with Crippen molar-refractivity contribution in [3.63, 3.8) is 0 Å². The minimum atomic E-state index is -0.0424. The van der Waals surface area contributed by atoms with Crippen molar-refractivity contribution >= 4 is 22.8 Å². The van der Waals surface area contributed by atoms with E-state index in [0.717, 1.165) is 22.2 Å². The van der Waals surface area contributed by atoms with Crippen molar-refractivity contribution in [2.75, 3.05) is 20.1 Å². The molecule has 0 aliphatic carbocycles. The number of rotatable bonds is 5. The van der Waals surface area contributed by atoms with Crippen LogP contribution in [0.1, 0.15) is 28.8 Å². The summed E-state index contributed by atoms with van der Waals surface area (Å²) in [5, 5.41) is 8.06. The zero-order valence-electron chi connectivity index (χ0n) is 19.1. The second-order valence-corrected chi connectivity index (χ2v) is 8.63. The van der Waals surface area contributed by atoms with Gasteiger partial charge in [0.1, 0.15) is 0 Å². The Morgan fingerprint density at radius 1 is 1.00 bits per heavy atom. The summed E-state index contributed by atoms with van der Waals surface area (Å²) in [6.07, 6.45) is 3.07. The van der Waals surface area contributed by atoms with Gasteiger partial charge >= 0.3 is 0 Å². The lowest BCUT2D eigenvalue weighted by Crippen LogP contribution is -2.42. The predicted molar refractivity (Wildman–Crippen MR) is 131 cm³/mol. The smallest absolute Gasteiger partial charge is 0.254 e. The van der Waals surface area contributed by atoms with E-state index in [9.17, 15) is 9.59 Å². The minimum Gasteiger partial charge on any atom is -0.359 e. The number of pyridine rings is 1. The molecule has 172 valence electrons. The molecule has 0 saturated carbocycles. The zero-order chi connectivity index (χ0) is 23.5. The fourth-order valence-corrected chi connectivity index (χ4v) is 4.57. The molecule has 1 aliphatic rings. The van der Waals surface area contributed by atoms with Gasteiger partial charge in [-0.15, -0.1) is 0 Å². The van der Waals surface area contributed by atoms with Crippen molar-refractivity contribution < 1.29 is 9.59 Å². The van der Waals surface area contributed by atoms with Crippen LogP contribution in [0.2, 0.25) is 0 Å². The maximum atomic E-state index is 13.7. The van der Waals surface area contributed by atoms with Crippen LogP contribution in [0.3, 0.4) is 0 Å². The van der Waals surface area contributed by atoms with Gasteiger partial charge in [0.15, 0.2) is 5.65 Å². The maximum Gasteiger partial charge on any atom is 0.254 e. The van der Waals surface area contributed by atoms with Gasteiger partial charge in [0, 0.05) is 31.6 Å². The summed E-state index contributed by atoms with van der Waals surface area (Å²) in [5.41, 5.74) is 4.09. The minimum absolute atomic E-state index is 0.0417. The molecule has 7 heteroatoms. The van der Waals surface area contributed by atoms with E-state index < -0.39 is 0 Å². The van der Waals surface area contributed by atoms with Crippen molar-refractivity contribution in [1.82, 2.24) is 25.0 Å². The molecule has 1 aliphatic heterocycles. The molecule has 5 rings (SSSR count). The summed E-state index contributed by atoms with van der Waals surface area (Å²) in [7, 11) is 1.66. The molecule has 0 unspecified atom stereocenters. The van der Waals surface area contributed by atoms with Crippen molar-refractivity contribution in [2.24, 2.45) is 5.92 Å². The Balaban J connectivity index is 1.53. The van der Waals surface area contributed by atoms with Crippen LogP contribution in [-0.2, 0) is 11.3 Å². The lowest BCUT2D eigenvalue weighted by molar-refractivity contribution is -0.125.